The Hall–Kier alpha value is -2.38. The molecule has 7 heteroatoms. The van der Waals surface area contributed by atoms with Crippen LogP contribution in [-0.2, 0) is 4.74 Å². The molecule has 2 aliphatic rings. The molecule has 1 unspecified atom stereocenters. The molecule has 29 heavy (non-hydrogen) atoms. The third-order valence-corrected chi connectivity index (χ3v) is 6.24. The van der Waals surface area contributed by atoms with Crippen LogP contribution in [0.1, 0.15) is 32.9 Å². The Labute approximate surface area is 175 Å². The standard InChI is InChI=1S/C22H26N2O4S/c1-27-19-6-3-2-5-18(19)21(25)24(13-16-8-9-16)15-17-14-23(10-11-28-17)22(26)20-7-4-12-29-20/h2-7,12,16-17H,8-11,13-15H2,1H3. The number of amides is 2. The van der Waals surface area contributed by atoms with Gasteiger partial charge in [-0.25, -0.2) is 0 Å². The van der Waals surface area contributed by atoms with Crippen molar-refractivity contribution in [1.29, 1.82) is 0 Å². The zero-order chi connectivity index (χ0) is 20.2. The van der Waals surface area contributed by atoms with E-state index in [1.807, 2.05) is 39.4 Å². The zero-order valence-electron chi connectivity index (χ0n) is 16.6. The van der Waals surface area contributed by atoms with Crippen LogP contribution in [0.15, 0.2) is 41.8 Å². The summed E-state index contributed by atoms with van der Waals surface area (Å²) in [7, 11) is 1.58. The summed E-state index contributed by atoms with van der Waals surface area (Å²) >= 11 is 1.45. The second kappa shape index (κ2) is 8.97. The number of benzene rings is 1. The van der Waals surface area contributed by atoms with Gasteiger partial charge >= 0.3 is 0 Å². The van der Waals surface area contributed by atoms with E-state index in [1.165, 1.54) is 11.3 Å². The van der Waals surface area contributed by atoms with Gasteiger partial charge < -0.3 is 19.3 Å². The molecule has 1 aliphatic carbocycles. The van der Waals surface area contributed by atoms with Crippen LogP contribution in [0.4, 0.5) is 0 Å². The molecule has 2 fully saturated rings. The fourth-order valence-corrected chi connectivity index (χ4v) is 4.35. The SMILES string of the molecule is COc1ccccc1C(=O)N(CC1CC1)CC1CN(C(=O)c2cccs2)CCO1. The average molecular weight is 415 g/mol. The van der Waals surface area contributed by atoms with Crippen LogP contribution in [-0.4, -0.2) is 67.6 Å². The van der Waals surface area contributed by atoms with Crippen molar-refractivity contribution >= 4 is 23.2 Å². The highest BCUT2D eigenvalue weighted by Gasteiger charge is 2.32. The van der Waals surface area contributed by atoms with Crippen LogP contribution >= 0.6 is 11.3 Å². The second-order valence-corrected chi connectivity index (χ2v) is 8.52. The Morgan fingerprint density at radius 2 is 2.03 bits per heavy atom. The molecule has 0 radical (unpaired) electrons. The zero-order valence-corrected chi connectivity index (χ0v) is 17.4. The lowest BCUT2D eigenvalue weighted by Crippen LogP contribution is -2.50. The van der Waals surface area contributed by atoms with Crippen molar-refractivity contribution in [2.24, 2.45) is 5.92 Å². The molecule has 1 saturated carbocycles. The van der Waals surface area contributed by atoms with E-state index in [0.29, 0.717) is 43.5 Å². The molecule has 1 aromatic carbocycles. The topological polar surface area (TPSA) is 59.1 Å². The van der Waals surface area contributed by atoms with Gasteiger partial charge in [0.1, 0.15) is 5.75 Å². The first-order valence-corrected chi connectivity index (χ1v) is 10.9. The summed E-state index contributed by atoms with van der Waals surface area (Å²) < 4.78 is 11.3. The molecule has 0 N–H and O–H groups in total. The van der Waals surface area contributed by atoms with Gasteiger partial charge in [-0.3, -0.25) is 9.59 Å². The molecule has 2 aromatic rings. The van der Waals surface area contributed by atoms with Gasteiger partial charge in [-0.1, -0.05) is 18.2 Å². The number of rotatable bonds is 7. The van der Waals surface area contributed by atoms with E-state index in [4.69, 9.17) is 9.47 Å². The summed E-state index contributed by atoms with van der Waals surface area (Å²) in [6.07, 6.45) is 2.12. The first-order chi connectivity index (χ1) is 14.2. The van der Waals surface area contributed by atoms with Crippen LogP contribution in [0.3, 0.4) is 0 Å². The summed E-state index contributed by atoms with van der Waals surface area (Å²) in [6.45, 7) is 2.76. The van der Waals surface area contributed by atoms with Crippen molar-refractivity contribution in [3.8, 4) is 5.75 Å². The molecule has 0 bridgehead atoms. The molecule has 0 spiro atoms. The fraction of sp³-hybridized carbons (Fsp3) is 0.455. The molecule has 6 nitrogen and oxygen atoms in total. The first-order valence-electron chi connectivity index (χ1n) is 10.0. The van der Waals surface area contributed by atoms with E-state index in [1.54, 1.807) is 19.2 Å². The van der Waals surface area contributed by atoms with Gasteiger partial charge in [-0.05, 0) is 42.3 Å². The Kier molecular flexibility index (Phi) is 6.16. The smallest absolute Gasteiger partial charge is 0.264 e. The first kappa shape index (κ1) is 19.9. The number of methoxy groups -OCH3 is 1. The number of morpholine rings is 1. The van der Waals surface area contributed by atoms with Crippen LogP contribution in [0.25, 0.3) is 0 Å². The third kappa shape index (κ3) is 4.79. The minimum absolute atomic E-state index is 0.0399. The number of ether oxygens (including phenoxy) is 2. The predicted molar refractivity (Wildman–Crippen MR) is 112 cm³/mol. The largest absolute Gasteiger partial charge is 0.496 e. The molecule has 154 valence electrons. The van der Waals surface area contributed by atoms with Crippen molar-refractivity contribution in [2.45, 2.75) is 18.9 Å². The number of hydrogen-bond acceptors (Lipinski definition) is 5. The molecule has 2 heterocycles. The van der Waals surface area contributed by atoms with Gasteiger partial charge in [0.2, 0.25) is 0 Å². The van der Waals surface area contributed by atoms with E-state index < -0.39 is 0 Å². The van der Waals surface area contributed by atoms with Crippen LogP contribution in [0, 0.1) is 5.92 Å². The van der Waals surface area contributed by atoms with Crippen LogP contribution in [0.5, 0.6) is 5.75 Å². The summed E-state index contributed by atoms with van der Waals surface area (Å²) in [5, 5.41) is 1.91. The second-order valence-electron chi connectivity index (χ2n) is 7.58. The Morgan fingerprint density at radius 3 is 2.76 bits per heavy atom. The molecule has 2 amide bonds. The highest BCUT2D eigenvalue weighted by Crippen LogP contribution is 2.31. The van der Waals surface area contributed by atoms with Crippen molar-refractivity contribution in [3.63, 3.8) is 0 Å². The van der Waals surface area contributed by atoms with Crippen molar-refractivity contribution < 1.29 is 19.1 Å². The molecule has 4 rings (SSSR count). The van der Waals surface area contributed by atoms with Crippen LogP contribution in [0.2, 0.25) is 0 Å². The van der Waals surface area contributed by atoms with E-state index >= 15 is 0 Å². The number of hydrogen-bond donors (Lipinski definition) is 0. The highest BCUT2D eigenvalue weighted by molar-refractivity contribution is 7.12. The van der Waals surface area contributed by atoms with Gasteiger partial charge in [-0.2, -0.15) is 0 Å². The lowest BCUT2D eigenvalue weighted by molar-refractivity contribution is -0.0334. The lowest BCUT2D eigenvalue weighted by Gasteiger charge is -2.36. The van der Waals surface area contributed by atoms with Gasteiger partial charge in [0, 0.05) is 26.2 Å². The fourth-order valence-electron chi connectivity index (χ4n) is 3.66. The van der Waals surface area contributed by atoms with E-state index in [2.05, 4.69) is 0 Å². The van der Waals surface area contributed by atoms with Crippen molar-refractivity contribution in [3.05, 3.63) is 52.2 Å². The molecule has 1 saturated heterocycles. The maximum absolute atomic E-state index is 13.3. The molecule has 1 atom stereocenters. The Bertz CT molecular complexity index is 850. The minimum atomic E-state index is -0.190. The normalized spacial score (nSPS) is 19.1. The van der Waals surface area contributed by atoms with E-state index in [0.717, 1.165) is 24.3 Å². The van der Waals surface area contributed by atoms with E-state index in [9.17, 15) is 9.59 Å². The summed E-state index contributed by atoms with van der Waals surface area (Å²) in [5.41, 5.74) is 0.568. The lowest BCUT2D eigenvalue weighted by atomic mass is 10.1. The molecule has 1 aromatic heterocycles. The molecular weight excluding hydrogens is 388 g/mol. The van der Waals surface area contributed by atoms with Crippen molar-refractivity contribution in [1.82, 2.24) is 9.80 Å². The monoisotopic (exact) mass is 414 g/mol. The maximum Gasteiger partial charge on any atom is 0.264 e. The van der Waals surface area contributed by atoms with Gasteiger partial charge in [0.15, 0.2) is 0 Å². The van der Waals surface area contributed by atoms with Crippen LogP contribution < -0.4 is 4.74 Å². The van der Waals surface area contributed by atoms with Gasteiger partial charge in [-0.15, -0.1) is 11.3 Å². The summed E-state index contributed by atoms with van der Waals surface area (Å²) in [5.74, 6) is 1.14. The quantitative estimate of drug-likeness (QED) is 0.698. The molecule has 1 aliphatic heterocycles. The summed E-state index contributed by atoms with van der Waals surface area (Å²) in [6, 6.07) is 11.1. The number of nitrogens with zero attached hydrogens (tertiary/aromatic N) is 2. The van der Waals surface area contributed by atoms with Crippen molar-refractivity contribution in [2.75, 3.05) is 39.9 Å². The Morgan fingerprint density at radius 1 is 1.21 bits per heavy atom. The number of thiophene rings is 1. The van der Waals surface area contributed by atoms with Gasteiger partial charge in [0.25, 0.3) is 11.8 Å². The minimum Gasteiger partial charge on any atom is -0.496 e. The Balaban J connectivity index is 1.46. The number of carbonyl (C=O) groups excluding carboxylic acids is 2. The van der Waals surface area contributed by atoms with Gasteiger partial charge in [0.05, 0.1) is 30.3 Å². The third-order valence-electron chi connectivity index (χ3n) is 5.38. The summed E-state index contributed by atoms with van der Waals surface area (Å²) in [4.78, 5) is 30.4. The van der Waals surface area contributed by atoms with E-state index in [-0.39, 0.29) is 17.9 Å². The maximum atomic E-state index is 13.3. The number of carbonyl (C=O) groups is 2. The number of para-hydroxylation sites is 1. The predicted octanol–water partition coefficient (Wildman–Crippen LogP) is 3.15. The average Bonchev–Trinajstić information content (AvgIpc) is 3.41. The molecular formula is C22H26N2O4S. The highest BCUT2D eigenvalue weighted by atomic mass is 32.1.